The Labute approximate surface area is 109 Å². The van der Waals surface area contributed by atoms with Gasteiger partial charge in [-0.1, -0.05) is 23.4 Å². The lowest BCUT2D eigenvalue weighted by atomic mass is 10.3. The van der Waals surface area contributed by atoms with Gasteiger partial charge in [0.2, 0.25) is 0 Å². The van der Waals surface area contributed by atoms with E-state index >= 15 is 0 Å². The van der Waals surface area contributed by atoms with E-state index in [-0.39, 0.29) is 0 Å². The summed E-state index contributed by atoms with van der Waals surface area (Å²) in [6, 6.07) is 3.62. The van der Waals surface area contributed by atoms with Gasteiger partial charge in [-0.05, 0) is 18.6 Å². The molecule has 2 aromatic rings. The Morgan fingerprint density at radius 2 is 2.24 bits per heavy atom. The molecule has 0 spiro atoms. The number of nitrogen functional groups attached to an aromatic ring is 1. The number of nitrogens with zero attached hydrogens (tertiary/aromatic N) is 3. The summed E-state index contributed by atoms with van der Waals surface area (Å²) >= 11 is 7.51. The molecule has 17 heavy (non-hydrogen) atoms. The van der Waals surface area contributed by atoms with E-state index in [0.29, 0.717) is 21.7 Å². The highest BCUT2D eigenvalue weighted by Crippen LogP contribution is 2.24. The molecule has 2 rings (SSSR count). The molecule has 6 heteroatoms. The van der Waals surface area contributed by atoms with Gasteiger partial charge >= 0.3 is 0 Å². The van der Waals surface area contributed by atoms with Crippen molar-refractivity contribution in [1.29, 1.82) is 0 Å². The van der Waals surface area contributed by atoms with Crippen molar-refractivity contribution in [3.8, 4) is 0 Å². The summed E-state index contributed by atoms with van der Waals surface area (Å²) in [7, 11) is 0. The molecule has 2 heterocycles. The molecule has 2 N–H and O–H groups in total. The van der Waals surface area contributed by atoms with E-state index in [2.05, 4.69) is 15.0 Å². The summed E-state index contributed by atoms with van der Waals surface area (Å²) in [6.07, 6.45) is 3.34. The minimum Gasteiger partial charge on any atom is -0.384 e. The van der Waals surface area contributed by atoms with E-state index < -0.39 is 0 Å². The number of rotatable bonds is 3. The molecule has 0 unspecified atom stereocenters. The third-order valence-corrected chi connectivity index (χ3v) is 3.30. The zero-order chi connectivity index (χ0) is 12.3. The minimum absolute atomic E-state index is 0.487. The van der Waals surface area contributed by atoms with Crippen LogP contribution in [0, 0.1) is 6.92 Å². The quantitative estimate of drug-likeness (QED) is 0.684. The third kappa shape index (κ3) is 3.31. The summed E-state index contributed by atoms with van der Waals surface area (Å²) in [4.78, 5) is 12.4. The molecule has 0 atom stereocenters. The molecule has 0 bridgehead atoms. The molecule has 2 aromatic heterocycles. The number of aromatic nitrogens is 3. The van der Waals surface area contributed by atoms with Crippen molar-refractivity contribution in [3.05, 3.63) is 40.8 Å². The third-order valence-electron chi connectivity index (χ3n) is 2.07. The lowest BCUT2D eigenvalue weighted by Crippen LogP contribution is -1.96. The molecule has 4 nitrogen and oxygen atoms in total. The number of hydrogen-bond donors (Lipinski definition) is 1. The summed E-state index contributed by atoms with van der Waals surface area (Å²) in [5, 5.41) is 1.32. The molecule has 0 fully saturated rings. The Hall–Kier alpha value is -1.33. The molecule has 0 amide bonds. The van der Waals surface area contributed by atoms with Crippen LogP contribution in [0.4, 0.5) is 5.82 Å². The van der Waals surface area contributed by atoms with Crippen molar-refractivity contribution >= 4 is 29.2 Å². The fourth-order valence-electron chi connectivity index (χ4n) is 1.29. The number of anilines is 1. The van der Waals surface area contributed by atoms with Crippen LogP contribution in [0.2, 0.25) is 5.02 Å². The van der Waals surface area contributed by atoms with E-state index in [0.717, 1.165) is 11.3 Å². The maximum atomic E-state index is 6.01. The van der Waals surface area contributed by atoms with Crippen LogP contribution in [0.25, 0.3) is 0 Å². The highest BCUT2D eigenvalue weighted by molar-refractivity contribution is 7.98. The van der Waals surface area contributed by atoms with Crippen LogP contribution in [0.5, 0.6) is 0 Å². The fourth-order valence-corrected chi connectivity index (χ4v) is 2.47. The maximum absolute atomic E-state index is 6.01. The Balaban J connectivity index is 2.10. The first-order chi connectivity index (χ1) is 8.15. The highest BCUT2D eigenvalue weighted by atomic mass is 35.5. The maximum Gasteiger partial charge on any atom is 0.190 e. The van der Waals surface area contributed by atoms with Gasteiger partial charge in [0.1, 0.15) is 5.82 Å². The summed E-state index contributed by atoms with van der Waals surface area (Å²) in [6.45, 7) is 1.89. The average molecular weight is 267 g/mol. The monoisotopic (exact) mass is 266 g/mol. The Morgan fingerprint density at radius 3 is 2.94 bits per heavy atom. The number of hydrogen-bond acceptors (Lipinski definition) is 5. The molecule has 0 aromatic carbocycles. The second-order valence-electron chi connectivity index (χ2n) is 3.47. The van der Waals surface area contributed by atoms with Crippen molar-refractivity contribution < 1.29 is 0 Å². The van der Waals surface area contributed by atoms with Gasteiger partial charge in [0.25, 0.3) is 0 Å². The number of thioether (sulfide) groups is 1. The van der Waals surface area contributed by atoms with Crippen molar-refractivity contribution in [2.75, 3.05) is 5.73 Å². The van der Waals surface area contributed by atoms with E-state index in [1.54, 1.807) is 18.5 Å². The van der Waals surface area contributed by atoms with Crippen LogP contribution in [0.3, 0.4) is 0 Å². The van der Waals surface area contributed by atoms with Crippen LogP contribution in [-0.2, 0) is 5.75 Å². The molecule has 0 radical (unpaired) electrons. The van der Waals surface area contributed by atoms with Crippen molar-refractivity contribution in [1.82, 2.24) is 15.0 Å². The molecular formula is C11H11ClN4S. The topological polar surface area (TPSA) is 64.7 Å². The summed E-state index contributed by atoms with van der Waals surface area (Å²) < 4.78 is 0. The minimum atomic E-state index is 0.487. The molecule has 0 aliphatic heterocycles. The molecule has 0 aliphatic rings. The van der Waals surface area contributed by atoms with Gasteiger partial charge < -0.3 is 5.73 Å². The van der Waals surface area contributed by atoms with Crippen LogP contribution >= 0.6 is 23.4 Å². The standard InChI is InChI=1S/C11H11ClN4S/c1-7-4-10(13)16-11(15-7)17-6-8-2-3-14-5-9(8)12/h2-5H,6H2,1H3,(H2,13,15,16). The van der Waals surface area contributed by atoms with Crippen LogP contribution in [-0.4, -0.2) is 15.0 Å². The lowest BCUT2D eigenvalue weighted by Gasteiger charge is -2.04. The fraction of sp³-hybridized carbons (Fsp3) is 0.182. The number of pyridine rings is 1. The molecule has 0 saturated carbocycles. The van der Waals surface area contributed by atoms with Crippen molar-refractivity contribution in [3.63, 3.8) is 0 Å². The van der Waals surface area contributed by atoms with Crippen LogP contribution in [0.15, 0.2) is 29.7 Å². The van der Waals surface area contributed by atoms with E-state index in [1.165, 1.54) is 11.8 Å². The second-order valence-corrected chi connectivity index (χ2v) is 4.82. The van der Waals surface area contributed by atoms with E-state index in [1.807, 2.05) is 13.0 Å². The number of aryl methyl sites for hydroxylation is 1. The van der Waals surface area contributed by atoms with Crippen LogP contribution in [0.1, 0.15) is 11.3 Å². The average Bonchev–Trinajstić information content (AvgIpc) is 2.27. The van der Waals surface area contributed by atoms with E-state index in [9.17, 15) is 0 Å². The van der Waals surface area contributed by atoms with Gasteiger partial charge in [0, 0.05) is 29.9 Å². The van der Waals surface area contributed by atoms with Gasteiger partial charge in [0.05, 0.1) is 5.02 Å². The van der Waals surface area contributed by atoms with Gasteiger partial charge in [-0.2, -0.15) is 0 Å². The van der Waals surface area contributed by atoms with Gasteiger partial charge in [-0.15, -0.1) is 0 Å². The predicted octanol–water partition coefficient (Wildman–Crippen LogP) is 2.71. The molecule has 88 valence electrons. The number of halogens is 1. The first-order valence-corrected chi connectivity index (χ1v) is 6.34. The first kappa shape index (κ1) is 12.1. The normalized spacial score (nSPS) is 10.5. The summed E-state index contributed by atoms with van der Waals surface area (Å²) in [5.41, 5.74) is 7.53. The predicted molar refractivity (Wildman–Crippen MR) is 70.0 cm³/mol. The Kier molecular flexibility index (Phi) is 3.81. The first-order valence-electron chi connectivity index (χ1n) is 4.97. The summed E-state index contributed by atoms with van der Waals surface area (Å²) in [5.74, 6) is 1.19. The van der Waals surface area contributed by atoms with Gasteiger partial charge in [-0.3, -0.25) is 4.98 Å². The van der Waals surface area contributed by atoms with E-state index in [4.69, 9.17) is 17.3 Å². The lowest BCUT2D eigenvalue weighted by molar-refractivity contribution is 0.940. The SMILES string of the molecule is Cc1cc(N)nc(SCc2ccncc2Cl)n1. The molecule has 0 aliphatic carbocycles. The van der Waals surface area contributed by atoms with Gasteiger partial charge in [-0.25, -0.2) is 9.97 Å². The highest BCUT2D eigenvalue weighted by Gasteiger charge is 2.04. The Morgan fingerprint density at radius 1 is 1.41 bits per heavy atom. The zero-order valence-electron chi connectivity index (χ0n) is 9.22. The van der Waals surface area contributed by atoms with Gasteiger partial charge in [0.15, 0.2) is 5.16 Å². The number of nitrogens with two attached hydrogens (primary N) is 1. The zero-order valence-corrected chi connectivity index (χ0v) is 10.8. The largest absolute Gasteiger partial charge is 0.384 e. The van der Waals surface area contributed by atoms with Crippen molar-refractivity contribution in [2.45, 2.75) is 17.8 Å². The van der Waals surface area contributed by atoms with Crippen LogP contribution < -0.4 is 5.73 Å². The Bertz CT molecular complexity index is 512. The van der Waals surface area contributed by atoms with Crippen molar-refractivity contribution in [2.24, 2.45) is 0 Å². The molecule has 0 saturated heterocycles. The second kappa shape index (κ2) is 5.33. The smallest absolute Gasteiger partial charge is 0.190 e. The molecular weight excluding hydrogens is 256 g/mol.